The molecule has 1 aliphatic heterocycles. The van der Waals surface area contributed by atoms with Crippen LogP contribution in [0.4, 0.5) is 4.39 Å². The molecule has 0 aliphatic carbocycles. The van der Waals surface area contributed by atoms with E-state index in [4.69, 9.17) is 4.74 Å². The average Bonchev–Trinajstić information content (AvgIpc) is 2.70. The summed E-state index contributed by atoms with van der Waals surface area (Å²) in [6.07, 6.45) is 2.78. The number of hydrogen-bond donors (Lipinski definition) is 0. The number of ether oxygens (including phenoxy) is 1. The van der Waals surface area contributed by atoms with Gasteiger partial charge in [-0.2, -0.15) is 0 Å². The predicted octanol–water partition coefficient (Wildman–Crippen LogP) is 2.91. The van der Waals surface area contributed by atoms with Crippen LogP contribution in [0.15, 0.2) is 36.5 Å². The van der Waals surface area contributed by atoms with Gasteiger partial charge in [-0.1, -0.05) is 6.07 Å². The lowest BCUT2D eigenvalue weighted by atomic mass is 10.1. The molecule has 1 saturated heterocycles. The highest BCUT2D eigenvalue weighted by Gasteiger charge is 2.25. The van der Waals surface area contributed by atoms with Crippen molar-refractivity contribution >= 4 is 11.8 Å². The van der Waals surface area contributed by atoms with Crippen LogP contribution in [0.3, 0.4) is 0 Å². The summed E-state index contributed by atoms with van der Waals surface area (Å²) in [5.41, 5.74) is 1.39. The fraction of sp³-hybridized carbons (Fsp3) is 0.381. The highest BCUT2D eigenvalue weighted by Crippen LogP contribution is 2.20. The Bertz CT molecular complexity index is 860. The minimum absolute atomic E-state index is 0.0540. The summed E-state index contributed by atoms with van der Waals surface area (Å²) in [5.74, 6) is -0.188. The Balaban J connectivity index is 1.54. The summed E-state index contributed by atoms with van der Waals surface area (Å²) in [6.45, 7) is 2.75. The third-order valence-corrected chi connectivity index (χ3v) is 4.82. The molecular weight excluding hydrogens is 361 g/mol. The molecule has 3 rings (SSSR count). The van der Waals surface area contributed by atoms with Crippen LogP contribution in [-0.2, 0) is 0 Å². The predicted molar refractivity (Wildman–Crippen MR) is 103 cm³/mol. The molecule has 148 valence electrons. The highest BCUT2D eigenvalue weighted by atomic mass is 19.1. The maximum absolute atomic E-state index is 13.7. The third kappa shape index (κ3) is 4.47. The number of carbonyl (C=O) groups is 2. The lowest BCUT2D eigenvalue weighted by Crippen LogP contribution is -2.41. The third-order valence-electron chi connectivity index (χ3n) is 4.82. The second-order valence-corrected chi connectivity index (χ2v) is 7.16. The first kappa shape index (κ1) is 19.8. The Hall–Kier alpha value is -2.96. The zero-order chi connectivity index (χ0) is 20.3. The number of halogens is 1. The molecule has 0 radical (unpaired) electrons. The number of likely N-dealkylation sites (tertiary alicyclic amines) is 1. The number of rotatable bonds is 4. The van der Waals surface area contributed by atoms with Crippen molar-refractivity contribution in [3.63, 3.8) is 0 Å². The van der Waals surface area contributed by atoms with Gasteiger partial charge in [0.2, 0.25) is 5.88 Å². The molecule has 28 heavy (non-hydrogen) atoms. The normalized spacial score (nSPS) is 14.6. The van der Waals surface area contributed by atoms with E-state index in [2.05, 4.69) is 4.98 Å². The van der Waals surface area contributed by atoms with Crippen LogP contribution in [0.2, 0.25) is 0 Å². The van der Waals surface area contributed by atoms with Crippen molar-refractivity contribution in [2.75, 3.05) is 27.2 Å². The summed E-state index contributed by atoms with van der Waals surface area (Å²) < 4.78 is 19.6. The number of benzene rings is 1. The molecule has 2 amide bonds. The number of carbonyl (C=O) groups excluding carboxylic acids is 2. The minimum Gasteiger partial charge on any atom is -0.474 e. The Morgan fingerprint density at radius 3 is 2.39 bits per heavy atom. The van der Waals surface area contributed by atoms with Crippen LogP contribution < -0.4 is 4.74 Å². The number of nitrogens with zero attached hydrogens (tertiary/aromatic N) is 3. The fourth-order valence-electron chi connectivity index (χ4n) is 3.09. The summed E-state index contributed by atoms with van der Waals surface area (Å²) in [5, 5.41) is 0. The monoisotopic (exact) mass is 385 g/mol. The molecule has 1 aliphatic rings. The van der Waals surface area contributed by atoms with Crippen molar-refractivity contribution in [1.82, 2.24) is 14.8 Å². The second-order valence-electron chi connectivity index (χ2n) is 7.16. The van der Waals surface area contributed by atoms with Crippen molar-refractivity contribution in [3.8, 4) is 5.88 Å². The molecule has 0 N–H and O–H groups in total. The maximum atomic E-state index is 13.7. The quantitative estimate of drug-likeness (QED) is 0.812. The van der Waals surface area contributed by atoms with Crippen LogP contribution in [-0.4, -0.2) is 59.9 Å². The molecule has 0 saturated carbocycles. The standard InChI is InChI=1S/C21H24FN3O3/c1-14-4-5-15(12-18(14)22)21(27)25-10-8-17(9-11-25)28-19-7-6-16(13-23-19)20(26)24(2)3/h4-7,12-13,17H,8-11H2,1-3H3. The van der Waals surface area contributed by atoms with Crippen LogP contribution in [0, 0.1) is 12.7 Å². The molecule has 2 heterocycles. The topological polar surface area (TPSA) is 62.7 Å². The molecule has 1 aromatic heterocycles. The molecule has 0 atom stereocenters. The van der Waals surface area contributed by atoms with E-state index >= 15 is 0 Å². The zero-order valence-electron chi connectivity index (χ0n) is 16.3. The first-order valence-corrected chi connectivity index (χ1v) is 9.25. The van der Waals surface area contributed by atoms with E-state index in [9.17, 15) is 14.0 Å². The Morgan fingerprint density at radius 2 is 1.82 bits per heavy atom. The summed E-state index contributed by atoms with van der Waals surface area (Å²) in [4.78, 5) is 31.9. The first-order chi connectivity index (χ1) is 13.3. The molecule has 0 bridgehead atoms. The van der Waals surface area contributed by atoms with E-state index in [0.717, 1.165) is 0 Å². The Kier molecular flexibility index (Phi) is 5.92. The maximum Gasteiger partial charge on any atom is 0.254 e. The van der Waals surface area contributed by atoms with E-state index in [1.54, 1.807) is 50.2 Å². The SMILES string of the molecule is Cc1ccc(C(=O)N2CCC(Oc3ccc(C(=O)N(C)C)cn3)CC2)cc1F. The fourth-order valence-corrected chi connectivity index (χ4v) is 3.09. The summed E-state index contributed by atoms with van der Waals surface area (Å²) >= 11 is 0. The van der Waals surface area contributed by atoms with Gasteiger partial charge in [-0.05, 0) is 30.7 Å². The minimum atomic E-state index is -0.369. The van der Waals surface area contributed by atoms with Crippen molar-refractivity contribution in [2.45, 2.75) is 25.9 Å². The first-order valence-electron chi connectivity index (χ1n) is 9.25. The molecule has 0 unspecified atom stereocenters. The smallest absolute Gasteiger partial charge is 0.254 e. The van der Waals surface area contributed by atoms with Gasteiger partial charge in [0, 0.05) is 57.9 Å². The Labute approximate surface area is 163 Å². The van der Waals surface area contributed by atoms with Crippen LogP contribution in [0.5, 0.6) is 5.88 Å². The number of amides is 2. The molecule has 7 heteroatoms. The molecule has 0 spiro atoms. The van der Waals surface area contributed by atoms with Gasteiger partial charge in [0.25, 0.3) is 11.8 Å². The van der Waals surface area contributed by atoms with Gasteiger partial charge in [-0.25, -0.2) is 9.37 Å². The van der Waals surface area contributed by atoms with Crippen LogP contribution >= 0.6 is 0 Å². The van der Waals surface area contributed by atoms with Gasteiger partial charge >= 0.3 is 0 Å². The van der Waals surface area contributed by atoms with E-state index in [1.807, 2.05) is 0 Å². The molecule has 1 aromatic carbocycles. The van der Waals surface area contributed by atoms with E-state index in [-0.39, 0.29) is 23.7 Å². The van der Waals surface area contributed by atoms with Gasteiger partial charge in [-0.15, -0.1) is 0 Å². The number of piperidine rings is 1. The number of hydrogen-bond acceptors (Lipinski definition) is 4. The van der Waals surface area contributed by atoms with Crippen molar-refractivity contribution in [1.29, 1.82) is 0 Å². The molecule has 6 nitrogen and oxygen atoms in total. The van der Waals surface area contributed by atoms with Gasteiger partial charge in [0.15, 0.2) is 0 Å². The van der Waals surface area contributed by atoms with Crippen LogP contribution in [0.1, 0.15) is 39.1 Å². The highest BCUT2D eigenvalue weighted by molar-refractivity contribution is 5.94. The summed E-state index contributed by atoms with van der Waals surface area (Å²) in [7, 11) is 3.37. The lowest BCUT2D eigenvalue weighted by Gasteiger charge is -2.32. The van der Waals surface area contributed by atoms with Crippen LogP contribution in [0.25, 0.3) is 0 Å². The van der Waals surface area contributed by atoms with Gasteiger partial charge < -0.3 is 14.5 Å². The van der Waals surface area contributed by atoms with Gasteiger partial charge in [-0.3, -0.25) is 9.59 Å². The number of aromatic nitrogens is 1. The van der Waals surface area contributed by atoms with E-state index < -0.39 is 0 Å². The Morgan fingerprint density at radius 1 is 1.14 bits per heavy atom. The van der Waals surface area contributed by atoms with E-state index in [1.165, 1.54) is 17.2 Å². The molecule has 1 fully saturated rings. The van der Waals surface area contributed by atoms with Crippen molar-refractivity contribution in [3.05, 3.63) is 59.0 Å². The van der Waals surface area contributed by atoms with Gasteiger partial charge in [0.1, 0.15) is 11.9 Å². The lowest BCUT2D eigenvalue weighted by molar-refractivity contribution is 0.0587. The molecule has 2 aromatic rings. The largest absolute Gasteiger partial charge is 0.474 e. The van der Waals surface area contributed by atoms with Crippen molar-refractivity contribution < 1.29 is 18.7 Å². The van der Waals surface area contributed by atoms with Gasteiger partial charge in [0.05, 0.1) is 5.56 Å². The average molecular weight is 385 g/mol. The summed E-state index contributed by atoms with van der Waals surface area (Å²) in [6, 6.07) is 7.94. The number of pyridine rings is 1. The van der Waals surface area contributed by atoms with E-state index in [0.29, 0.717) is 48.5 Å². The van der Waals surface area contributed by atoms with Crippen molar-refractivity contribution in [2.24, 2.45) is 0 Å². The zero-order valence-corrected chi connectivity index (χ0v) is 16.3. The molecular formula is C21H24FN3O3. The second kappa shape index (κ2) is 8.37. The number of aryl methyl sites for hydroxylation is 1.